The summed E-state index contributed by atoms with van der Waals surface area (Å²) in [5, 5.41) is 2.77. The Labute approximate surface area is 154 Å². The molecule has 0 fully saturated rings. The highest BCUT2D eigenvalue weighted by Crippen LogP contribution is 2.27. The monoisotopic (exact) mass is 362 g/mol. The Morgan fingerprint density at radius 1 is 1.04 bits per heavy atom. The van der Waals surface area contributed by atoms with Gasteiger partial charge in [-0.2, -0.15) is 0 Å². The lowest BCUT2D eigenvalue weighted by Crippen LogP contribution is -2.11. The second-order valence-corrected chi connectivity index (χ2v) is 5.89. The summed E-state index contributed by atoms with van der Waals surface area (Å²) in [4.78, 5) is 16.7. The van der Waals surface area contributed by atoms with Gasteiger partial charge in [-0.25, -0.2) is 9.37 Å². The van der Waals surface area contributed by atoms with Gasteiger partial charge in [-0.1, -0.05) is 0 Å². The van der Waals surface area contributed by atoms with E-state index in [-0.39, 0.29) is 11.7 Å². The minimum absolute atomic E-state index is 0.309. The number of halogens is 1. The molecule has 0 saturated carbocycles. The number of fused-ring (bicyclic) bond motifs is 1. The molecule has 0 saturated heterocycles. The Balaban J connectivity index is 1.53. The lowest BCUT2D eigenvalue weighted by molar-refractivity contribution is 0.102. The Kier molecular flexibility index (Phi) is 4.30. The highest BCUT2D eigenvalue weighted by molar-refractivity contribution is 6.04. The average molecular weight is 362 g/mol. The van der Waals surface area contributed by atoms with Crippen molar-refractivity contribution < 1.29 is 18.3 Å². The molecule has 1 heterocycles. The van der Waals surface area contributed by atoms with Crippen molar-refractivity contribution >= 4 is 22.7 Å². The van der Waals surface area contributed by atoms with E-state index in [0.29, 0.717) is 34.0 Å². The lowest BCUT2D eigenvalue weighted by atomic mass is 10.2. The molecule has 4 rings (SSSR count). The number of amides is 1. The molecule has 0 spiro atoms. The fourth-order valence-corrected chi connectivity index (χ4v) is 2.66. The van der Waals surface area contributed by atoms with Gasteiger partial charge >= 0.3 is 0 Å². The maximum absolute atomic E-state index is 12.9. The van der Waals surface area contributed by atoms with Crippen molar-refractivity contribution in [2.75, 3.05) is 12.4 Å². The van der Waals surface area contributed by atoms with E-state index in [1.54, 1.807) is 25.3 Å². The van der Waals surface area contributed by atoms with Crippen LogP contribution >= 0.6 is 0 Å². The summed E-state index contributed by atoms with van der Waals surface area (Å²) in [5.41, 5.74) is 3.15. The van der Waals surface area contributed by atoms with Crippen molar-refractivity contribution in [3.05, 3.63) is 78.1 Å². The number of anilines is 1. The lowest BCUT2D eigenvalue weighted by Gasteiger charge is -2.05. The third kappa shape index (κ3) is 3.50. The van der Waals surface area contributed by atoms with Crippen LogP contribution in [0.15, 0.2) is 71.1 Å². The van der Waals surface area contributed by atoms with Gasteiger partial charge < -0.3 is 14.5 Å². The molecule has 27 heavy (non-hydrogen) atoms. The summed E-state index contributed by atoms with van der Waals surface area (Å²) in [6.07, 6.45) is 0. The number of ether oxygens (including phenoxy) is 1. The molecule has 0 radical (unpaired) electrons. The first-order chi connectivity index (χ1) is 13.1. The Hall–Kier alpha value is -3.67. The number of methoxy groups -OCH3 is 1. The summed E-state index contributed by atoms with van der Waals surface area (Å²) < 4.78 is 23.9. The Bertz CT molecular complexity index is 1100. The zero-order chi connectivity index (χ0) is 18.8. The van der Waals surface area contributed by atoms with Crippen LogP contribution in [0.5, 0.6) is 5.75 Å². The highest BCUT2D eigenvalue weighted by atomic mass is 19.1. The first-order valence-electron chi connectivity index (χ1n) is 8.24. The van der Waals surface area contributed by atoms with Crippen molar-refractivity contribution in [1.82, 2.24) is 4.98 Å². The molecule has 4 aromatic rings. The summed E-state index contributed by atoms with van der Waals surface area (Å²) in [6.45, 7) is 0. The maximum atomic E-state index is 12.9. The molecule has 134 valence electrons. The predicted octanol–water partition coefficient (Wildman–Crippen LogP) is 4.89. The van der Waals surface area contributed by atoms with Gasteiger partial charge in [0.1, 0.15) is 17.1 Å². The predicted molar refractivity (Wildman–Crippen MR) is 100 cm³/mol. The minimum atomic E-state index is -0.383. The number of oxazole rings is 1. The molecule has 1 amide bonds. The molecule has 3 aromatic carbocycles. The fourth-order valence-electron chi connectivity index (χ4n) is 2.66. The van der Waals surface area contributed by atoms with Crippen LogP contribution in [0, 0.1) is 5.82 Å². The van der Waals surface area contributed by atoms with Crippen molar-refractivity contribution in [2.45, 2.75) is 0 Å². The number of benzene rings is 3. The van der Waals surface area contributed by atoms with E-state index in [9.17, 15) is 9.18 Å². The van der Waals surface area contributed by atoms with Crippen molar-refractivity contribution in [3.63, 3.8) is 0 Å². The number of hydrogen-bond donors (Lipinski definition) is 1. The van der Waals surface area contributed by atoms with E-state index in [4.69, 9.17) is 9.15 Å². The number of carbonyl (C=O) groups is 1. The van der Waals surface area contributed by atoms with Gasteiger partial charge in [0.25, 0.3) is 5.91 Å². The van der Waals surface area contributed by atoms with E-state index >= 15 is 0 Å². The van der Waals surface area contributed by atoms with E-state index in [1.165, 1.54) is 24.3 Å². The second kappa shape index (κ2) is 6.92. The number of aromatic nitrogens is 1. The molecule has 1 N–H and O–H groups in total. The fraction of sp³-hybridized carbons (Fsp3) is 0.0476. The van der Waals surface area contributed by atoms with Crippen LogP contribution in [-0.2, 0) is 0 Å². The van der Waals surface area contributed by atoms with Crippen LogP contribution < -0.4 is 10.1 Å². The maximum Gasteiger partial charge on any atom is 0.255 e. The first kappa shape index (κ1) is 16.8. The summed E-state index contributed by atoms with van der Waals surface area (Å²) >= 11 is 0. The van der Waals surface area contributed by atoms with Gasteiger partial charge in [0.2, 0.25) is 5.89 Å². The molecule has 0 aliphatic carbocycles. The topological polar surface area (TPSA) is 64.4 Å². The average Bonchev–Trinajstić information content (AvgIpc) is 3.12. The molecular formula is C21H15FN2O3. The third-order valence-corrected chi connectivity index (χ3v) is 4.09. The van der Waals surface area contributed by atoms with Gasteiger partial charge in [0, 0.05) is 22.9 Å². The van der Waals surface area contributed by atoms with Crippen LogP contribution in [0.2, 0.25) is 0 Å². The quantitative estimate of drug-likeness (QED) is 0.561. The van der Waals surface area contributed by atoms with Crippen LogP contribution in [0.25, 0.3) is 22.6 Å². The molecule has 1 aromatic heterocycles. The van der Waals surface area contributed by atoms with E-state index < -0.39 is 0 Å². The molecule has 0 unspecified atom stereocenters. The number of nitrogens with one attached hydrogen (secondary N) is 1. The SMILES string of the molecule is COc1ccc2oc(-c3ccc(NC(=O)c4ccc(F)cc4)cc3)nc2c1. The van der Waals surface area contributed by atoms with Crippen molar-refractivity contribution in [3.8, 4) is 17.2 Å². The number of rotatable bonds is 4. The zero-order valence-corrected chi connectivity index (χ0v) is 14.4. The largest absolute Gasteiger partial charge is 0.497 e. The van der Waals surface area contributed by atoms with E-state index in [1.807, 2.05) is 24.3 Å². The van der Waals surface area contributed by atoms with Crippen LogP contribution in [0.3, 0.4) is 0 Å². The van der Waals surface area contributed by atoms with Crippen molar-refractivity contribution in [2.24, 2.45) is 0 Å². The van der Waals surface area contributed by atoms with Crippen LogP contribution in [0.1, 0.15) is 10.4 Å². The molecule has 0 bridgehead atoms. The van der Waals surface area contributed by atoms with Gasteiger partial charge in [0.15, 0.2) is 5.58 Å². The summed E-state index contributed by atoms with van der Waals surface area (Å²) in [7, 11) is 1.60. The smallest absolute Gasteiger partial charge is 0.255 e. The normalized spacial score (nSPS) is 10.7. The highest BCUT2D eigenvalue weighted by Gasteiger charge is 2.10. The zero-order valence-electron chi connectivity index (χ0n) is 14.4. The van der Waals surface area contributed by atoms with E-state index in [0.717, 1.165) is 5.56 Å². The summed E-state index contributed by atoms with van der Waals surface area (Å²) in [6, 6.07) is 17.9. The van der Waals surface area contributed by atoms with Crippen molar-refractivity contribution in [1.29, 1.82) is 0 Å². The van der Waals surface area contributed by atoms with E-state index in [2.05, 4.69) is 10.3 Å². The first-order valence-corrected chi connectivity index (χ1v) is 8.24. The Morgan fingerprint density at radius 3 is 2.48 bits per heavy atom. The van der Waals surface area contributed by atoms with Crippen LogP contribution in [0.4, 0.5) is 10.1 Å². The molecule has 0 aliphatic heterocycles. The van der Waals surface area contributed by atoms with Gasteiger partial charge in [-0.3, -0.25) is 4.79 Å². The van der Waals surface area contributed by atoms with Gasteiger partial charge in [-0.15, -0.1) is 0 Å². The molecule has 6 heteroatoms. The summed E-state index contributed by atoms with van der Waals surface area (Å²) in [5.74, 6) is 0.499. The molecule has 5 nitrogen and oxygen atoms in total. The third-order valence-electron chi connectivity index (χ3n) is 4.09. The molecular weight excluding hydrogens is 347 g/mol. The number of carbonyl (C=O) groups excluding carboxylic acids is 1. The number of nitrogens with zero attached hydrogens (tertiary/aromatic N) is 1. The minimum Gasteiger partial charge on any atom is -0.497 e. The van der Waals surface area contributed by atoms with Gasteiger partial charge in [0.05, 0.1) is 7.11 Å². The second-order valence-electron chi connectivity index (χ2n) is 5.89. The van der Waals surface area contributed by atoms with Gasteiger partial charge in [-0.05, 0) is 60.7 Å². The van der Waals surface area contributed by atoms with Crippen LogP contribution in [-0.4, -0.2) is 18.0 Å². The standard InChI is InChI=1S/C21H15FN2O3/c1-26-17-10-11-19-18(12-17)24-21(27-19)14-4-8-16(9-5-14)23-20(25)13-2-6-15(22)7-3-13/h2-12H,1H3,(H,23,25). The Morgan fingerprint density at radius 2 is 1.78 bits per heavy atom. The molecule has 0 atom stereocenters. The number of hydrogen-bond acceptors (Lipinski definition) is 4. The molecule has 0 aliphatic rings.